The van der Waals surface area contributed by atoms with Gasteiger partial charge in [-0.1, -0.05) is 18.3 Å². The third-order valence-electron chi connectivity index (χ3n) is 2.66. The van der Waals surface area contributed by atoms with Crippen molar-refractivity contribution in [1.29, 1.82) is 0 Å². The van der Waals surface area contributed by atoms with Crippen LogP contribution in [0.2, 0.25) is 0 Å². The molecule has 0 aromatic carbocycles. The Morgan fingerprint density at radius 3 is 3.00 bits per heavy atom. The molecule has 0 bridgehead atoms. The lowest BCUT2D eigenvalue weighted by molar-refractivity contribution is 0.559. The Kier molecular flexibility index (Phi) is 3.61. The summed E-state index contributed by atoms with van der Waals surface area (Å²) in [6.07, 6.45) is 4.30. The fraction of sp³-hybridized carbons (Fsp3) is 0.455. The van der Waals surface area contributed by atoms with Gasteiger partial charge in [0.1, 0.15) is 11.4 Å². The van der Waals surface area contributed by atoms with Crippen LogP contribution in [0.5, 0.6) is 0 Å². The summed E-state index contributed by atoms with van der Waals surface area (Å²) >= 11 is 2.61. The second-order valence-electron chi connectivity index (χ2n) is 4.19. The third-order valence-corrected chi connectivity index (χ3v) is 4.54. The van der Waals surface area contributed by atoms with Crippen LogP contribution in [-0.4, -0.2) is 26.2 Å². The van der Waals surface area contributed by atoms with Crippen molar-refractivity contribution in [3.05, 3.63) is 17.8 Å². The Morgan fingerprint density at radius 1 is 1.42 bits per heavy atom. The van der Waals surface area contributed by atoms with Gasteiger partial charge in [0, 0.05) is 6.04 Å². The summed E-state index contributed by atoms with van der Waals surface area (Å²) in [5.41, 5.74) is 0.429. The quantitative estimate of drug-likeness (QED) is 0.856. The summed E-state index contributed by atoms with van der Waals surface area (Å²) in [6, 6.07) is 0.535. The van der Waals surface area contributed by atoms with Gasteiger partial charge in [-0.05, 0) is 31.0 Å². The molecule has 100 valence electrons. The molecule has 0 radical (unpaired) electrons. The summed E-state index contributed by atoms with van der Waals surface area (Å²) in [4.78, 5) is 7.87. The number of rotatable bonds is 5. The zero-order valence-electron chi connectivity index (χ0n) is 10.3. The average Bonchev–Trinajstić information content (AvgIpc) is 3.11. The van der Waals surface area contributed by atoms with Gasteiger partial charge in [-0.3, -0.25) is 0 Å². The second-order valence-corrected chi connectivity index (χ2v) is 6.40. The highest BCUT2D eigenvalue weighted by molar-refractivity contribution is 8.01. The maximum absolute atomic E-state index is 14.0. The maximum Gasteiger partial charge on any atom is 0.206 e. The maximum atomic E-state index is 14.0. The van der Waals surface area contributed by atoms with Crippen molar-refractivity contribution in [3.8, 4) is 0 Å². The first-order valence-corrected chi connectivity index (χ1v) is 7.67. The first-order chi connectivity index (χ1) is 9.26. The first kappa shape index (κ1) is 12.7. The van der Waals surface area contributed by atoms with E-state index in [1.807, 2.05) is 6.92 Å². The standard InChI is InChI=1S/C11H12FN5S2/c1-2-7-8(12)9(14-5-13-7)18-11-17-16-10(19-11)15-6-3-4-6/h5-6H,2-4H2,1H3,(H,15,16). The van der Waals surface area contributed by atoms with E-state index in [4.69, 9.17) is 0 Å². The van der Waals surface area contributed by atoms with Crippen molar-refractivity contribution in [1.82, 2.24) is 20.2 Å². The molecule has 0 amide bonds. The molecule has 1 aliphatic rings. The molecule has 1 aliphatic carbocycles. The lowest BCUT2D eigenvalue weighted by Gasteiger charge is -2.01. The molecule has 1 fully saturated rings. The van der Waals surface area contributed by atoms with Gasteiger partial charge in [0.2, 0.25) is 5.13 Å². The number of nitrogens with zero attached hydrogens (tertiary/aromatic N) is 4. The van der Waals surface area contributed by atoms with E-state index >= 15 is 0 Å². The van der Waals surface area contributed by atoms with Crippen LogP contribution in [0.25, 0.3) is 0 Å². The number of aromatic nitrogens is 4. The van der Waals surface area contributed by atoms with Crippen molar-refractivity contribution in [2.75, 3.05) is 5.32 Å². The highest BCUT2D eigenvalue weighted by Gasteiger charge is 2.22. The minimum atomic E-state index is -0.359. The molecule has 0 unspecified atom stereocenters. The van der Waals surface area contributed by atoms with Gasteiger partial charge in [-0.25, -0.2) is 14.4 Å². The Bertz CT molecular complexity index is 584. The zero-order valence-corrected chi connectivity index (χ0v) is 11.9. The molecule has 2 aromatic heterocycles. The topological polar surface area (TPSA) is 63.6 Å². The molecule has 2 aromatic rings. The van der Waals surface area contributed by atoms with Crippen molar-refractivity contribution in [2.45, 2.75) is 41.6 Å². The minimum Gasteiger partial charge on any atom is -0.357 e. The lowest BCUT2D eigenvalue weighted by atomic mass is 10.3. The van der Waals surface area contributed by atoms with Crippen LogP contribution in [-0.2, 0) is 6.42 Å². The van der Waals surface area contributed by atoms with Crippen LogP contribution in [0.1, 0.15) is 25.5 Å². The van der Waals surface area contributed by atoms with E-state index in [0.717, 1.165) is 5.13 Å². The van der Waals surface area contributed by atoms with Crippen molar-refractivity contribution in [3.63, 3.8) is 0 Å². The van der Waals surface area contributed by atoms with Gasteiger partial charge in [0.15, 0.2) is 10.2 Å². The number of nitrogens with one attached hydrogen (secondary N) is 1. The van der Waals surface area contributed by atoms with E-state index < -0.39 is 0 Å². The highest BCUT2D eigenvalue weighted by atomic mass is 32.2. The second kappa shape index (κ2) is 5.38. The van der Waals surface area contributed by atoms with Crippen molar-refractivity contribution in [2.24, 2.45) is 0 Å². The molecule has 0 aliphatic heterocycles. The summed E-state index contributed by atoms with van der Waals surface area (Å²) in [5, 5.41) is 12.4. The molecule has 3 rings (SSSR count). The molecule has 1 N–H and O–H groups in total. The Morgan fingerprint density at radius 2 is 2.26 bits per heavy atom. The number of hydrogen-bond donors (Lipinski definition) is 1. The number of hydrogen-bond acceptors (Lipinski definition) is 7. The molecule has 1 saturated carbocycles. The van der Waals surface area contributed by atoms with E-state index in [9.17, 15) is 4.39 Å². The Balaban J connectivity index is 1.75. The molecule has 8 heteroatoms. The van der Waals surface area contributed by atoms with Crippen LogP contribution in [0, 0.1) is 5.82 Å². The fourth-order valence-electron chi connectivity index (χ4n) is 1.50. The van der Waals surface area contributed by atoms with Crippen LogP contribution in [0.15, 0.2) is 15.7 Å². The smallest absolute Gasteiger partial charge is 0.206 e. The number of aryl methyl sites for hydroxylation is 1. The molecule has 0 atom stereocenters. The summed E-state index contributed by atoms with van der Waals surface area (Å²) < 4.78 is 14.7. The van der Waals surface area contributed by atoms with E-state index in [1.165, 1.54) is 42.3 Å². The first-order valence-electron chi connectivity index (χ1n) is 6.03. The third kappa shape index (κ3) is 3.01. The Hall–Kier alpha value is -1.28. The molecule has 2 heterocycles. The van der Waals surface area contributed by atoms with E-state index in [-0.39, 0.29) is 5.82 Å². The predicted octanol–water partition coefficient (Wildman–Crippen LogP) is 2.76. The lowest BCUT2D eigenvalue weighted by Crippen LogP contribution is -1.99. The molecule has 0 spiro atoms. The van der Waals surface area contributed by atoms with Crippen LogP contribution >= 0.6 is 23.1 Å². The predicted molar refractivity (Wildman–Crippen MR) is 72.0 cm³/mol. The fourth-order valence-corrected chi connectivity index (χ4v) is 3.25. The van der Waals surface area contributed by atoms with Gasteiger partial charge < -0.3 is 5.32 Å². The number of anilines is 1. The van der Waals surface area contributed by atoms with Crippen LogP contribution < -0.4 is 5.32 Å². The van der Waals surface area contributed by atoms with Gasteiger partial charge in [-0.2, -0.15) is 0 Å². The van der Waals surface area contributed by atoms with Crippen LogP contribution in [0.3, 0.4) is 0 Å². The normalized spacial score (nSPS) is 14.6. The largest absolute Gasteiger partial charge is 0.357 e. The average molecular weight is 297 g/mol. The Labute approximate surface area is 118 Å². The summed E-state index contributed by atoms with van der Waals surface area (Å²) in [5.74, 6) is -0.359. The van der Waals surface area contributed by atoms with E-state index in [2.05, 4.69) is 25.5 Å². The minimum absolute atomic E-state index is 0.306. The molecular formula is C11H12FN5S2. The van der Waals surface area contributed by atoms with Gasteiger partial charge >= 0.3 is 0 Å². The SMILES string of the molecule is CCc1ncnc(Sc2nnc(NC3CC3)s2)c1F. The number of halogens is 1. The van der Waals surface area contributed by atoms with Gasteiger partial charge in [0.05, 0.1) is 5.69 Å². The molecule has 19 heavy (non-hydrogen) atoms. The molecule has 5 nitrogen and oxygen atoms in total. The summed E-state index contributed by atoms with van der Waals surface area (Å²) in [6.45, 7) is 1.86. The van der Waals surface area contributed by atoms with Crippen molar-refractivity contribution >= 4 is 28.2 Å². The van der Waals surface area contributed by atoms with Gasteiger partial charge in [-0.15, -0.1) is 10.2 Å². The van der Waals surface area contributed by atoms with E-state index in [0.29, 0.717) is 27.5 Å². The summed E-state index contributed by atoms with van der Waals surface area (Å²) in [7, 11) is 0. The van der Waals surface area contributed by atoms with Gasteiger partial charge in [0.25, 0.3) is 0 Å². The molecule has 0 saturated heterocycles. The monoisotopic (exact) mass is 297 g/mol. The zero-order chi connectivity index (χ0) is 13.2. The van der Waals surface area contributed by atoms with Crippen LogP contribution in [0.4, 0.5) is 9.52 Å². The molecular weight excluding hydrogens is 285 g/mol. The van der Waals surface area contributed by atoms with E-state index in [1.54, 1.807) is 0 Å². The van der Waals surface area contributed by atoms with Crippen molar-refractivity contribution < 1.29 is 4.39 Å². The highest BCUT2D eigenvalue weighted by Crippen LogP contribution is 2.34.